The van der Waals surface area contributed by atoms with Gasteiger partial charge >= 0.3 is 0 Å². The molecule has 7 heteroatoms. The molecule has 0 aliphatic heterocycles. The van der Waals surface area contributed by atoms with E-state index in [0.29, 0.717) is 37.7 Å². The number of rotatable bonds is 8. The predicted molar refractivity (Wildman–Crippen MR) is 108 cm³/mol. The van der Waals surface area contributed by atoms with Crippen LogP contribution in [0, 0.1) is 0 Å². The van der Waals surface area contributed by atoms with E-state index in [1.165, 1.54) is 5.39 Å². The number of benzene rings is 2. The molecule has 0 aliphatic carbocycles. The molecule has 2 aromatic heterocycles. The summed E-state index contributed by atoms with van der Waals surface area (Å²) >= 11 is 1.57. The minimum atomic E-state index is -0.0719. The van der Waals surface area contributed by atoms with Crippen molar-refractivity contribution < 1.29 is 14.1 Å². The van der Waals surface area contributed by atoms with Crippen molar-refractivity contribution in [2.75, 3.05) is 13.2 Å². The van der Waals surface area contributed by atoms with Crippen LogP contribution in [0.5, 0.6) is 5.75 Å². The molecule has 142 valence electrons. The van der Waals surface area contributed by atoms with E-state index in [2.05, 4.69) is 21.5 Å². The van der Waals surface area contributed by atoms with E-state index in [1.54, 1.807) is 11.3 Å². The molecular weight excluding hydrogens is 374 g/mol. The summed E-state index contributed by atoms with van der Waals surface area (Å²) in [6, 6.07) is 16.0. The maximum atomic E-state index is 12.0. The fourth-order valence-electron chi connectivity index (χ4n) is 2.79. The lowest BCUT2D eigenvalue weighted by Gasteiger charge is -2.08. The van der Waals surface area contributed by atoms with Gasteiger partial charge in [-0.15, -0.1) is 0 Å². The molecular formula is C21H19N3O3S. The Hall–Kier alpha value is -3.19. The van der Waals surface area contributed by atoms with E-state index in [9.17, 15) is 4.79 Å². The van der Waals surface area contributed by atoms with Crippen LogP contribution in [0.15, 0.2) is 63.8 Å². The number of nitrogens with one attached hydrogen (secondary N) is 1. The quantitative estimate of drug-likeness (QED) is 0.457. The van der Waals surface area contributed by atoms with Crippen LogP contribution in [-0.2, 0) is 11.2 Å². The van der Waals surface area contributed by atoms with Crippen LogP contribution in [0.2, 0.25) is 0 Å². The zero-order valence-corrected chi connectivity index (χ0v) is 15.9. The van der Waals surface area contributed by atoms with Crippen LogP contribution in [0.25, 0.3) is 22.2 Å². The highest BCUT2D eigenvalue weighted by Crippen LogP contribution is 2.20. The topological polar surface area (TPSA) is 77.2 Å². The molecule has 2 heterocycles. The summed E-state index contributed by atoms with van der Waals surface area (Å²) in [6.45, 7) is 0.850. The predicted octanol–water partition coefficient (Wildman–Crippen LogP) is 4.08. The number of thiophene rings is 1. The van der Waals surface area contributed by atoms with E-state index >= 15 is 0 Å². The molecule has 0 saturated heterocycles. The summed E-state index contributed by atoms with van der Waals surface area (Å²) in [4.78, 5) is 16.3. The largest absolute Gasteiger partial charge is 0.492 e. The Labute approximate surface area is 166 Å². The molecule has 1 amide bonds. The number of ether oxygens (including phenoxy) is 1. The van der Waals surface area contributed by atoms with Crippen molar-refractivity contribution in [1.29, 1.82) is 0 Å². The minimum Gasteiger partial charge on any atom is -0.492 e. The Bertz CT molecular complexity index is 1060. The number of fused-ring (bicyclic) bond motifs is 1. The minimum absolute atomic E-state index is 0.0719. The Balaban J connectivity index is 1.18. The molecule has 0 spiro atoms. The Morgan fingerprint density at radius 3 is 2.89 bits per heavy atom. The van der Waals surface area contributed by atoms with E-state index < -0.39 is 0 Å². The van der Waals surface area contributed by atoms with Gasteiger partial charge in [-0.1, -0.05) is 35.5 Å². The number of aryl methyl sites for hydroxylation is 1. The van der Waals surface area contributed by atoms with E-state index in [0.717, 1.165) is 16.7 Å². The van der Waals surface area contributed by atoms with Crippen molar-refractivity contribution in [3.63, 3.8) is 0 Å². The fourth-order valence-corrected chi connectivity index (χ4v) is 3.43. The van der Waals surface area contributed by atoms with Gasteiger partial charge in [0.15, 0.2) is 0 Å². The summed E-state index contributed by atoms with van der Waals surface area (Å²) < 4.78 is 10.9. The molecule has 6 nitrogen and oxygen atoms in total. The number of hydrogen-bond donors (Lipinski definition) is 1. The van der Waals surface area contributed by atoms with Gasteiger partial charge in [-0.3, -0.25) is 4.79 Å². The summed E-state index contributed by atoms with van der Waals surface area (Å²) in [5.74, 6) is 1.74. The van der Waals surface area contributed by atoms with E-state index in [4.69, 9.17) is 9.26 Å². The maximum Gasteiger partial charge on any atom is 0.227 e. The van der Waals surface area contributed by atoms with Gasteiger partial charge in [-0.25, -0.2) is 0 Å². The molecule has 0 bridgehead atoms. The molecule has 0 radical (unpaired) electrons. The average Bonchev–Trinajstić information content (AvgIpc) is 3.41. The van der Waals surface area contributed by atoms with Crippen molar-refractivity contribution in [2.24, 2.45) is 0 Å². The Morgan fingerprint density at radius 2 is 2.04 bits per heavy atom. The third-order valence-electron chi connectivity index (χ3n) is 4.23. The monoisotopic (exact) mass is 393 g/mol. The third kappa shape index (κ3) is 4.55. The zero-order valence-electron chi connectivity index (χ0n) is 15.1. The normalized spacial score (nSPS) is 10.9. The van der Waals surface area contributed by atoms with E-state index in [1.807, 2.05) is 53.2 Å². The Morgan fingerprint density at radius 1 is 1.14 bits per heavy atom. The van der Waals surface area contributed by atoms with Crippen molar-refractivity contribution in [3.8, 4) is 17.1 Å². The summed E-state index contributed by atoms with van der Waals surface area (Å²) in [5, 5.41) is 13.0. The van der Waals surface area contributed by atoms with Crippen molar-refractivity contribution in [1.82, 2.24) is 15.5 Å². The number of hydrogen-bond acceptors (Lipinski definition) is 6. The van der Waals surface area contributed by atoms with Gasteiger partial charge < -0.3 is 14.6 Å². The number of nitrogens with zero attached hydrogens (tertiary/aromatic N) is 2. The second-order valence-corrected chi connectivity index (χ2v) is 7.01. The molecule has 4 rings (SSSR count). The van der Waals surface area contributed by atoms with Crippen LogP contribution in [0.3, 0.4) is 0 Å². The second kappa shape index (κ2) is 8.67. The highest BCUT2D eigenvalue weighted by Gasteiger charge is 2.10. The van der Waals surface area contributed by atoms with Crippen LogP contribution < -0.4 is 10.1 Å². The molecule has 0 aliphatic rings. The standard InChI is InChI=1S/C21H19N3O3S/c25-19(7-8-20-23-21(24-27-20)17-9-12-28-14-17)22-10-11-26-18-6-5-15-3-1-2-4-16(15)13-18/h1-6,9,12-14H,7-8,10-11H2,(H,22,25). The lowest BCUT2D eigenvalue weighted by atomic mass is 10.1. The van der Waals surface area contributed by atoms with Crippen molar-refractivity contribution in [2.45, 2.75) is 12.8 Å². The lowest BCUT2D eigenvalue weighted by Crippen LogP contribution is -2.28. The Kier molecular flexibility index (Phi) is 5.63. The third-order valence-corrected chi connectivity index (χ3v) is 4.91. The van der Waals surface area contributed by atoms with Crippen LogP contribution >= 0.6 is 11.3 Å². The summed E-state index contributed by atoms with van der Waals surface area (Å²) in [6.07, 6.45) is 0.704. The van der Waals surface area contributed by atoms with Crippen molar-refractivity contribution >= 4 is 28.0 Å². The average molecular weight is 393 g/mol. The molecule has 0 fully saturated rings. The number of amides is 1. The molecule has 28 heavy (non-hydrogen) atoms. The second-order valence-electron chi connectivity index (χ2n) is 6.23. The van der Waals surface area contributed by atoms with Crippen LogP contribution in [0.4, 0.5) is 0 Å². The highest BCUT2D eigenvalue weighted by molar-refractivity contribution is 7.08. The van der Waals surface area contributed by atoms with Gasteiger partial charge in [0.1, 0.15) is 12.4 Å². The van der Waals surface area contributed by atoms with Gasteiger partial charge in [0.05, 0.1) is 6.54 Å². The number of carbonyl (C=O) groups is 1. The molecule has 0 unspecified atom stereocenters. The first-order chi connectivity index (χ1) is 13.8. The molecule has 4 aromatic rings. The van der Waals surface area contributed by atoms with Crippen LogP contribution in [0.1, 0.15) is 12.3 Å². The van der Waals surface area contributed by atoms with Gasteiger partial charge in [-0.2, -0.15) is 16.3 Å². The van der Waals surface area contributed by atoms with Gasteiger partial charge in [0, 0.05) is 23.8 Å². The SMILES string of the molecule is O=C(CCc1nc(-c2ccsc2)no1)NCCOc1ccc2ccccc2c1. The molecule has 0 atom stereocenters. The van der Waals surface area contributed by atoms with Gasteiger partial charge in [0.25, 0.3) is 0 Å². The first-order valence-electron chi connectivity index (χ1n) is 9.01. The zero-order chi connectivity index (χ0) is 19.2. The van der Waals surface area contributed by atoms with Crippen molar-refractivity contribution in [3.05, 3.63) is 65.2 Å². The highest BCUT2D eigenvalue weighted by atomic mass is 32.1. The number of carbonyl (C=O) groups excluding carboxylic acids is 1. The first kappa shape index (κ1) is 18.2. The molecule has 2 aromatic carbocycles. The summed E-state index contributed by atoms with van der Waals surface area (Å²) in [7, 11) is 0. The smallest absolute Gasteiger partial charge is 0.227 e. The number of aromatic nitrogens is 2. The lowest BCUT2D eigenvalue weighted by molar-refractivity contribution is -0.121. The maximum absolute atomic E-state index is 12.0. The van der Waals surface area contributed by atoms with Crippen LogP contribution in [-0.4, -0.2) is 29.2 Å². The van der Waals surface area contributed by atoms with Gasteiger partial charge in [0.2, 0.25) is 17.6 Å². The summed E-state index contributed by atoms with van der Waals surface area (Å²) in [5.41, 5.74) is 0.926. The fraction of sp³-hybridized carbons (Fsp3) is 0.190. The van der Waals surface area contributed by atoms with Gasteiger partial charge in [-0.05, 0) is 34.4 Å². The molecule has 1 N–H and O–H groups in total. The first-order valence-corrected chi connectivity index (χ1v) is 9.96. The van der Waals surface area contributed by atoms with E-state index in [-0.39, 0.29) is 5.91 Å². The molecule has 0 saturated carbocycles.